The molecule has 34 heavy (non-hydrogen) atoms. The molecule has 1 fully saturated rings. The molecular weight excluding hydrogens is 426 g/mol. The number of rotatable bonds is 2. The molecule has 2 amide bonds. The number of hydrogen-bond donors (Lipinski definition) is 1. The average Bonchev–Trinajstić information content (AvgIpc) is 3.08. The highest BCUT2D eigenvalue weighted by molar-refractivity contribution is 6.23. The SMILES string of the molecule is CC(C)(C)c1ccc2c(c1)[C@H]1c3ccccc3[C@H]2[C@@H]2C(=O)N(c3ccc(C(=O)O)cc3)C(=O)[C@H]12. The average molecular weight is 452 g/mol. The Hall–Kier alpha value is -3.73. The van der Waals surface area contributed by atoms with Crippen molar-refractivity contribution in [2.45, 2.75) is 38.0 Å². The van der Waals surface area contributed by atoms with Crippen LogP contribution in [0.25, 0.3) is 0 Å². The lowest BCUT2D eigenvalue weighted by atomic mass is 9.54. The highest BCUT2D eigenvalue weighted by atomic mass is 16.4. The smallest absolute Gasteiger partial charge is 0.335 e. The fraction of sp³-hybridized carbons (Fsp3) is 0.276. The van der Waals surface area contributed by atoms with Crippen LogP contribution in [0.15, 0.2) is 66.7 Å². The molecule has 1 aliphatic heterocycles. The molecule has 3 aliphatic carbocycles. The van der Waals surface area contributed by atoms with Gasteiger partial charge in [0.15, 0.2) is 0 Å². The Kier molecular flexibility index (Phi) is 4.22. The van der Waals surface area contributed by atoms with E-state index in [2.05, 4.69) is 51.1 Å². The molecule has 3 aromatic carbocycles. The summed E-state index contributed by atoms with van der Waals surface area (Å²) in [6.45, 7) is 6.54. The highest BCUT2D eigenvalue weighted by Gasteiger charge is 2.61. The summed E-state index contributed by atoms with van der Waals surface area (Å²) in [6.07, 6.45) is 0. The van der Waals surface area contributed by atoms with Crippen molar-refractivity contribution in [2.75, 3.05) is 4.90 Å². The Morgan fingerprint density at radius 2 is 1.29 bits per heavy atom. The summed E-state index contributed by atoms with van der Waals surface area (Å²) >= 11 is 0. The lowest BCUT2D eigenvalue weighted by Gasteiger charge is -2.46. The second kappa shape index (κ2) is 6.89. The van der Waals surface area contributed by atoms with Crippen molar-refractivity contribution in [3.8, 4) is 0 Å². The van der Waals surface area contributed by atoms with E-state index in [0.717, 1.165) is 22.3 Å². The molecule has 4 atom stereocenters. The molecule has 0 spiro atoms. The predicted octanol–water partition coefficient (Wildman–Crippen LogP) is 5.08. The second-order valence-corrected chi connectivity index (χ2v) is 10.6. The van der Waals surface area contributed by atoms with Crippen LogP contribution in [0.4, 0.5) is 5.69 Å². The van der Waals surface area contributed by atoms with Gasteiger partial charge in [0.05, 0.1) is 23.1 Å². The van der Waals surface area contributed by atoms with Gasteiger partial charge in [-0.3, -0.25) is 9.59 Å². The van der Waals surface area contributed by atoms with E-state index in [4.69, 9.17) is 0 Å². The maximum Gasteiger partial charge on any atom is 0.335 e. The summed E-state index contributed by atoms with van der Waals surface area (Å²) in [5, 5.41) is 9.22. The van der Waals surface area contributed by atoms with Crippen molar-refractivity contribution in [1.29, 1.82) is 0 Å². The number of carbonyl (C=O) groups excluding carboxylic acids is 2. The van der Waals surface area contributed by atoms with E-state index in [1.807, 2.05) is 12.1 Å². The summed E-state index contributed by atoms with van der Waals surface area (Å²) in [7, 11) is 0. The van der Waals surface area contributed by atoms with Crippen molar-refractivity contribution in [3.63, 3.8) is 0 Å². The first-order chi connectivity index (χ1) is 16.2. The first-order valence-electron chi connectivity index (χ1n) is 11.6. The van der Waals surface area contributed by atoms with Gasteiger partial charge in [-0.2, -0.15) is 0 Å². The van der Waals surface area contributed by atoms with Crippen molar-refractivity contribution in [1.82, 2.24) is 0 Å². The molecule has 1 saturated heterocycles. The van der Waals surface area contributed by atoms with Gasteiger partial charge in [0.1, 0.15) is 0 Å². The van der Waals surface area contributed by atoms with E-state index in [1.165, 1.54) is 22.6 Å². The van der Waals surface area contributed by atoms with Crippen LogP contribution in [0.5, 0.6) is 0 Å². The van der Waals surface area contributed by atoms with Gasteiger partial charge in [-0.25, -0.2) is 9.69 Å². The largest absolute Gasteiger partial charge is 0.478 e. The lowest BCUT2D eigenvalue weighted by Crippen LogP contribution is -2.41. The highest BCUT2D eigenvalue weighted by Crippen LogP contribution is 2.61. The molecule has 5 heteroatoms. The Morgan fingerprint density at radius 1 is 0.765 bits per heavy atom. The monoisotopic (exact) mass is 451 g/mol. The molecular formula is C29H25NO4. The molecule has 2 bridgehead atoms. The van der Waals surface area contributed by atoms with Gasteiger partial charge in [0.2, 0.25) is 11.8 Å². The minimum atomic E-state index is -1.04. The van der Waals surface area contributed by atoms with Gasteiger partial charge in [-0.15, -0.1) is 0 Å². The van der Waals surface area contributed by atoms with Crippen LogP contribution in [0, 0.1) is 11.8 Å². The van der Waals surface area contributed by atoms with Crippen LogP contribution < -0.4 is 4.90 Å². The van der Waals surface area contributed by atoms with Crippen LogP contribution in [-0.4, -0.2) is 22.9 Å². The number of carboxylic acid groups (broad SMARTS) is 1. The fourth-order valence-electron chi connectivity index (χ4n) is 6.20. The summed E-state index contributed by atoms with van der Waals surface area (Å²) in [4.78, 5) is 40.2. The van der Waals surface area contributed by atoms with Gasteiger partial charge in [0, 0.05) is 11.8 Å². The number of amides is 2. The third-order valence-electron chi connectivity index (χ3n) is 7.78. The number of anilines is 1. The minimum Gasteiger partial charge on any atom is -0.478 e. The van der Waals surface area contributed by atoms with E-state index >= 15 is 0 Å². The predicted molar refractivity (Wildman–Crippen MR) is 128 cm³/mol. The molecule has 0 saturated carbocycles. The number of imide groups is 1. The zero-order valence-electron chi connectivity index (χ0n) is 19.3. The molecule has 1 N–H and O–H groups in total. The lowest BCUT2D eigenvalue weighted by molar-refractivity contribution is -0.122. The Balaban J connectivity index is 1.51. The molecule has 5 nitrogen and oxygen atoms in total. The normalized spacial score (nSPS) is 24.6. The van der Waals surface area contributed by atoms with Crippen molar-refractivity contribution >= 4 is 23.5 Å². The first-order valence-corrected chi connectivity index (χ1v) is 11.6. The molecule has 3 aromatic rings. The minimum absolute atomic E-state index is 0.0297. The maximum absolute atomic E-state index is 13.8. The Bertz CT molecular complexity index is 1380. The summed E-state index contributed by atoms with van der Waals surface area (Å²) in [6, 6.07) is 20.7. The molecule has 0 unspecified atom stereocenters. The van der Waals surface area contributed by atoms with Crippen LogP contribution >= 0.6 is 0 Å². The van der Waals surface area contributed by atoms with E-state index in [9.17, 15) is 19.5 Å². The topological polar surface area (TPSA) is 74.7 Å². The second-order valence-electron chi connectivity index (χ2n) is 10.6. The zero-order valence-corrected chi connectivity index (χ0v) is 19.3. The van der Waals surface area contributed by atoms with Crippen LogP contribution in [-0.2, 0) is 15.0 Å². The molecule has 170 valence electrons. The summed E-state index contributed by atoms with van der Waals surface area (Å²) in [5.41, 5.74) is 6.30. The number of carboxylic acids is 1. The fourth-order valence-corrected chi connectivity index (χ4v) is 6.20. The van der Waals surface area contributed by atoms with Crippen molar-refractivity contribution in [3.05, 3.63) is 100 Å². The number of carbonyl (C=O) groups is 3. The maximum atomic E-state index is 13.8. The van der Waals surface area contributed by atoms with E-state index < -0.39 is 17.8 Å². The van der Waals surface area contributed by atoms with Crippen molar-refractivity contribution in [2.24, 2.45) is 11.8 Å². The third-order valence-corrected chi connectivity index (χ3v) is 7.78. The molecule has 1 heterocycles. The Labute approximate surface area is 198 Å². The molecule has 4 aliphatic rings. The van der Waals surface area contributed by atoms with E-state index in [1.54, 1.807) is 12.1 Å². The number of aromatic carboxylic acids is 1. The van der Waals surface area contributed by atoms with E-state index in [-0.39, 0.29) is 34.6 Å². The van der Waals surface area contributed by atoms with Gasteiger partial charge in [-0.1, -0.05) is 63.2 Å². The summed E-state index contributed by atoms with van der Waals surface area (Å²) in [5.74, 6) is -2.72. The van der Waals surface area contributed by atoms with Gasteiger partial charge >= 0.3 is 5.97 Å². The molecule has 0 aromatic heterocycles. The number of benzene rings is 3. The van der Waals surface area contributed by atoms with Crippen molar-refractivity contribution < 1.29 is 19.5 Å². The standard InChI is InChI=1S/C29H25NO4/c1-29(2,3)16-10-13-20-21(14-16)23-19-7-5-4-6-18(19)22(20)24-25(23)27(32)30(26(24)31)17-11-8-15(9-12-17)28(33)34/h4-14,22-25H,1-3H3,(H,33,34)/t22-,23-,24+,25-/m1/s1. The zero-order chi connectivity index (χ0) is 23.9. The van der Waals surface area contributed by atoms with Crippen LogP contribution in [0.3, 0.4) is 0 Å². The molecule has 7 rings (SSSR count). The molecule has 0 radical (unpaired) electrons. The van der Waals surface area contributed by atoms with E-state index in [0.29, 0.717) is 5.69 Å². The van der Waals surface area contributed by atoms with Crippen LogP contribution in [0.1, 0.15) is 70.8 Å². The third kappa shape index (κ3) is 2.70. The summed E-state index contributed by atoms with van der Waals surface area (Å²) < 4.78 is 0. The number of nitrogens with zero attached hydrogens (tertiary/aromatic N) is 1. The van der Waals surface area contributed by atoms with Crippen LogP contribution in [0.2, 0.25) is 0 Å². The van der Waals surface area contributed by atoms with Gasteiger partial charge in [0.25, 0.3) is 0 Å². The Morgan fingerprint density at radius 3 is 1.82 bits per heavy atom. The first kappa shape index (κ1) is 20.8. The van der Waals surface area contributed by atoms with Gasteiger partial charge in [-0.05, 0) is 57.5 Å². The van der Waals surface area contributed by atoms with Gasteiger partial charge < -0.3 is 5.11 Å². The quantitative estimate of drug-likeness (QED) is 0.552. The number of hydrogen-bond acceptors (Lipinski definition) is 3.